The Hall–Kier alpha value is -4.38. The number of para-hydroxylation sites is 1. The first-order valence-corrected chi connectivity index (χ1v) is 10.4. The van der Waals surface area contributed by atoms with Gasteiger partial charge >= 0.3 is 0 Å². The Balaban J connectivity index is 1.51. The molecule has 5 nitrogen and oxygen atoms in total. The molecule has 5 heteroatoms. The minimum absolute atomic E-state index is 0.179. The highest BCUT2D eigenvalue weighted by Gasteiger charge is 2.14. The highest BCUT2D eigenvalue weighted by atomic mass is 16.5. The van der Waals surface area contributed by atoms with Crippen molar-refractivity contribution >= 4 is 32.7 Å². The molecule has 0 aliphatic heterocycles. The van der Waals surface area contributed by atoms with Crippen molar-refractivity contribution in [1.82, 2.24) is 14.5 Å². The second-order valence-electron chi connectivity index (χ2n) is 7.77. The largest absolute Gasteiger partial charge is 0.505 e. The smallest absolute Gasteiger partial charge is 0.219 e. The maximum atomic E-state index is 10.4. The quantitative estimate of drug-likeness (QED) is 0.355. The standard InChI is InChI=1S/C27H19N3O2/c1-17-9-10-18-11-14-25(29-26(18)27(17)31)32-19-12-13-21-20-6-2-3-7-22(20)30(23(21)16-19)24-8-4-5-15-28-24/h2-16,31H,1H3. The molecule has 3 aromatic carbocycles. The Morgan fingerprint density at radius 3 is 2.50 bits per heavy atom. The minimum Gasteiger partial charge on any atom is -0.505 e. The molecule has 0 saturated heterocycles. The molecule has 0 spiro atoms. The lowest BCUT2D eigenvalue weighted by molar-refractivity contribution is 0.459. The Bertz CT molecular complexity index is 1620. The van der Waals surface area contributed by atoms with E-state index < -0.39 is 0 Å². The third-order valence-corrected chi connectivity index (χ3v) is 5.76. The number of benzene rings is 3. The maximum Gasteiger partial charge on any atom is 0.219 e. The van der Waals surface area contributed by atoms with Gasteiger partial charge in [0.1, 0.15) is 22.8 Å². The molecule has 0 aliphatic rings. The average Bonchev–Trinajstić information content (AvgIpc) is 3.16. The van der Waals surface area contributed by atoms with Gasteiger partial charge in [-0.05, 0) is 48.9 Å². The van der Waals surface area contributed by atoms with E-state index in [-0.39, 0.29) is 5.75 Å². The van der Waals surface area contributed by atoms with E-state index in [2.05, 4.69) is 32.7 Å². The van der Waals surface area contributed by atoms with Gasteiger partial charge in [0.05, 0.1) is 11.0 Å². The number of pyridine rings is 2. The third-order valence-electron chi connectivity index (χ3n) is 5.76. The lowest BCUT2D eigenvalue weighted by Crippen LogP contribution is -1.96. The van der Waals surface area contributed by atoms with Crippen molar-refractivity contribution < 1.29 is 9.84 Å². The van der Waals surface area contributed by atoms with Crippen LogP contribution in [-0.4, -0.2) is 19.6 Å². The lowest BCUT2D eigenvalue weighted by atomic mass is 10.1. The first-order chi connectivity index (χ1) is 15.7. The van der Waals surface area contributed by atoms with Crippen molar-refractivity contribution in [2.24, 2.45) is 0 Å². The van der Waals surface area contributed by atoms with Gasteiger partial charge in [-0.1, -0.05) is 36.4 Å². The molecule has 3 aromatic heterocycles. The van der Waals surface area contributed by atoms with Gasteiger partial charge in [0.2, 0.25) is 5.88 Å². The number of aryl methyl sites for hydroxylation is 1. The number of phenols is 1. The number of aromatic nitrogens is 3. The van der Waals surface area contributed by atoms with Gasteiger partial charge in [-0.15, -0.1) is 0 Å². The summed E-state index contributed by atoms with van der Waals surface area (Å²) >= 11 is 0. The fourth-order valence-electron chi connectivity index (χ4n) is 4.18. The maximum absolute atomic E-state index is 10.4. The molecule has 6 rings (SSSR count). The van der Waals surface area contributed by atoms with Crippen LogP contribution >= 0.6 is 0 Å². The minimum atomic E-state index is 0.179. The summed E-state index contributed by atoms with van der Waals surface area (Å²) < 4.78 is 8.26. The number of ether oxygens (including phenoxy) is 1. The van der Waals surface area contributed by atoms with E-state index in [1.54, 1.807) is 6.20 Å². The lowest BCUT2D eigenvalue weighted by Gasteiger charge is -2.09. The highest BCUT2D eigenvalue weighted by Crippen LogP contribution is 2.35. The molecular formula is C27H19N3O2. The third kappa shape index (κ3) is 2.87. The van der Waals surface area contributed by atoms with Crippen LogP contribution in [-0.2, 0) is 0 Å². The van der Waals surface area contributed by atoms with Crippen LogP contribution in [0.25, 0.3) is 38.5 Å². The van der Waals surface area contributed by atoms with E-state index in [0.717, 1.165) is 38.6 Å². The highest BCUT2D eigenvalue weighted by molar-refractivity contribution is 6.09. The van der Waals surface area contributed by atoms with Gasteiger partial charge in [0.15, 0.2) is 0 Å². The van der Waals surface area contributed by atoms with Crippen molar-refractivity contribution in [3.63, 3.8) is 0 Å². The average molecular weight is 417 g/mol. The molecule has 0 aliphatic carbocycles. The van der Waals surface area contributed by atoms with Crippen LogP contribution in [0.1, 0.15) is 5.56 Å². The molecule has 0 bridgehead atoms. The molecule has 0 saturated carbocycles. The van der Waals surface area contributed by atoms with Gasteiger partial charge in [-0.25, -0.2) is 9.97 Å². The van der Waals surface area contributed by atoms with Gasteiger partial charge in [-0.3, -0.25) is 4.57 Å². The zero-order valence-electron chi connectivity index (χ0n) is 17.4. The van der Waals surface area contributed by atoms with E-state index in [9.17, 15) is 5.11 Å². The summed E-state index contributed by atoms with van der Waals surface area (Å²) in [4.78, 5) is 9.11. The van der Waals surface area contributed by atoms with Crippen LogP contribution in [0, 0.1) is 6.92 Å². The summed E-state index contributed by atoms with van der Waals surface area (Å²) in [6.07, 6.45) is 1.80. The predicted molar refractivity (Wildman–Crippen MR) is 127 cm³/mol. The van der Waals surface area contributed by atoms with Crippen molar-refractivity contribution in [1.29, 1.82) is 0 Å². The summed E-state index contributed by atoms with van der Waals surface area (Å²) in [5.74, 6) is 2.12. The van der Waals surface area contributed by atoms with Crippen molar-refractivity contribution in [3.05, 3.63) is 96.7 Å². The molecule has 0 amide bonds. The topological polar surface area (TPSA) is 60.2 Å². The molecular weight excluding hydrogens is 398 g/mol. The van der Waals surface area contributed by atoms with Crippen LogP contribution < -0.4 is 4.74 Å². The predicted octanol–water partition coefficient (Wildman–Crippen LogP) is 6.53. The van der Waals surface area contributed by atoms with Gasteiger partial charge in [0.25, 0.3) is 0 Å². The normalized spacial score (nSPS) is 11.4. The molecule has 1 N–H and O–H groups in total. The summed E-state index contributed by atoms with van der Waals surface area (Å²) in [5, 5.41) is 13.6. The van der Waals surface area contributed by atoms with Crippen molar-refractivity contribution in [2.45, 2.75) is 6.92 Å². The van der Waals surface area contributed by atoms with E-state index in [1.807, 2.05) is 73.7 Å². The summed E-state index contributed by atoms with van der Waals surface area (Å²) in [6, 6.07) is 27.7. The molecule has 0 atom stereocenters. The molecule has 0 fully saturated rings. The first-order valence-electron chi connectivity index (χ1n) is 10.4. The zero-order chi connectivity index (χ0) is 21.7. The molecule has 154 valence electrons. The first kappa shape index (κ1) is 18.4. The van der Waals surface area contributed by atoms with Crippen LogP contribution in [0.15, 0.2) is 91.1 Å². The number of hydrogen-bond acceptors (Lipinski definition) is 4. The van der Waals surface area contributed by atoms with Crippen LogP contribution in [0.4, 0.5) is 0 Å². The van der Waals surface area contributed by atoms with E-state index in [1.165, 1.54) is 0 Å². The molecule has 32 heavy (non-hydrogen) atoms. The number of phenolic OH excluding ortho intramolecular Hbond substituents is 1. The van der Waals surface area contributed by atoms with Crippen LogP contribution in [0.3, 0.4) is 0 Å². The Morgan fingerprint density at radius 2 is 1.62 bits per heavy atom. The number of rotatable bonds is 3. The second kappa shape index (κ2) is 7.10. The monoisotopic (exact) mass is 417 g/mol. The van der Waals surface area contributed by atoms with Crippen LogP contribution in [0.5, 0.6) is 17.4 Å². The molecule has 6 aromatic rings. The SMILES string of the molecule is Cc1ccc2ccc(Oc3ccc4c5ccccc5n(-c5ccccn5)c4c3)nc2c1O. The van der Waals surface area contributed by atoms with Crippen molar-refractivity contribution in [3.8, 4) is 23.2 Å². The van der Waals surface area contributed by atoms with E-state index in [4.69, 9.17) is 4.74 Å². The van der Waals surface area contributed by atoms with Gasteiger partial charge in [-0.2, -0.15) is 0 Å². The summed E-state index contributed by atoms with van der Waals surface area (Å²) in [6.45, 7) is 1.86. The molecule has 0 radical (unpaired) electrons. The number of aromatic hydroxyl groups is 1. The van der Waals surface area contributed by atoms with E-state index in [0.29, 0.717) is 17.1 Å². The number of fused-ring (bicyclic) bond motifs is 4. The molecule has 3 heterocycles. The summed E-state index contributed by atoms with van der Waals surface area (Å²) in [5.41, 5.74) is 3.40. The van der Waals surface area contributed by atoms with Gasteiger partial charge in [0, 0.05) is 34.5 Å². The Kier molecular flexibility index (Phi) is 4.08. The number of nitrogens with zero attached hydrogens (tertiary/aromatic N) is 3. The molecule has 0 unspecified atom stereocenters. The fourth-order valence-corrected chi connectivity index (χ4v) is 4.18. The van der Waals surface area contributed by atoms with Crippen molar-refractivity contribution in [2.75, 3.05) is 0 Å². The summed E-state index contributed by atoms with van der Waals surface area (Å²) in [7, 11) is 0. The Labute approximate surface area is 184 Å². The zero-order valence-corrected chi connectivity index (χ0v) is 17.4. The second-order valence-corrected chi connectivity index (χ2v) is 7.77. The van der Waals surface area contributed by atoms with Gasteiger partial charge < -0.3 is 9.84 Å². The fraction of sp³-hybridized carbons (Fsp3) is 0.0370. The van der Waals surface area contributed by atoms with E-state index >= 15 is 0 Å². The Morgan fingerprint density at radius 1 is 0.812 bits per heavy atom. The van der Waals surface area contributed by atoms with Crippen LogP contribution in [0.2, 0.25) is 0 Å². The number of hydrogen-bond donors (Lipinski definition) is 1.